The molecule has 0 unspecified atom stereocenters. The highest BCUT2D eigenvalue weighted by atomic mass is 35.5. The van der Waals surface area contributed by atoms with Crippen molar-refractivity contribution in [1.82, 2.24) is 19.8 Å². The monoisotopic (exact) mass is 456 g/mol. The highest BCUT2D eigenvalue weighted by Crippen LogP contribution is 2.33. The van der Waals surface area contributed by atoms with Crippen molar-refractivity contribution < 1.29 is 4.79 Å². The molecule has 162 valence electrons. The number of benzene rings is 2. The summed E-state index contributed by atoms with van der Waals surface area (Å²) in [7, 11) is 0. The zero-order chi connectivity index (χ0) is 22.0. The Balaban J connectivity index is 1.94. The second kappa shape index (κ2) is 9.43. The molecule has 1 aliphatic rings. The number of amides is 1. The Labute approximate surface area is 193 Å². The van der Waals surface area contributed by atoms with Crippen molar-refractivity contribution in [3.8, 4) is 17.1 Å². The summed E-state index contributed by atoms with van der Waals surface area (Å²) in [6.07, 6.45) is 2.06. The molecular weight excluding hydrogens is 431 g/mol. The van der Waals surface area contributed by atoms with Gasteiger partial charge in [0.25, 0.3) is 5.91 Å². The lowest BCUT2D eigenvalue weighted by atomic mass is 10.2. The fourth-order valence-electron chi connectivity index (χ4n) is 3.85. The van der Waals surface area contributed by atoms with Gasteiger partial charge in [0, 0.05) is 41.9 Å². The topological polar surface area (TPSA) is 50.2 Å². The third kappa shape index (κ3) is 4.64. The molecule has 0 aliphatic carbocycles. The Morgan fingerprint density at radius 1 is 1.06 bits per heavy atom. The summed E-state index contributed by atoms with van der Waals surface area (Å²) in [4.78, 5) is 20.2. The first-order chi connectivity index (χ1) is 15.0. The predicted octanol–water partition coefficient (Wildman–Crippen LogP) is 5.58. The molecule has 1 N–H and O–H groups in total. The van der Waals surface area contributed by atoms with Crippen LogP contribution in [0, 0.1) is 0 Å². The molecule has 4 rings (SSSR count). The van der Waals surface area contributed by atoms with Crippen molar-refractivity contribution in [3.63, 3.8) is 0 Å². The largest absolute Gasteiger partial charge is 0.337 e. The zero-order valence-electron chi connectivity index (χ0n) is 17.7. The minimum Gasteiger partial charge on any atom is -0.337 e. The fourth-order valence-corrected chi connectivity index (χ4v) is 4.20. The lowest BCUT2D eigenvalue weighted by Crippen LogP contribution is -2.30. The molecule has 0 atom stereocenters. The Morgan fingerprint density at radius 3 is 2.39 bits per heavy atom. The summed E-state index contributed by atoms with van der Waals surface area (Å²) in [5, 5.41) is 4.70. The van der Waals surface area contributed by atoms with Crippen molar-refractivity contribution in [1.29, 1.82) is 0 Å². The van der Waals surface area contributed by atoms with Crippen molar-refractivity contribution in [2.75, 3.05) is 13.1 Å². The van der Waals surface area contributed by atoms with E-state index in [2.05, 4.69) is 19.2 Å². The van der Waals surface area contributed by atoms with Crippen LogP contribution in [0.2, 0.25) is 10.0 Å². The van der Waals surface area contributed by atoms with Gasteiger partial charge >= 0.3 is 0 Å². The van der Waals surface area contributed by atoms with Crippen LogP contribution < -0.4 is 5.32 Å². The molecule has 3 aromatic rings. The molecule has 0 spiro atoms. The molecule has 2 aromatic carbocycles. The number of carbonyl (C=O) groups excluding carboxylic acids is 1. The van der Waals surface area contributed by atoms with Crippen molar-refractivity contribution in [3.05, 3.63) is 70.0 Å². The zero-order valence-corrected chi connectivity index (χ0v) is 19.2. The lowest BCUT2D eigenvalue weighted by molar-refractivity contribution is 0.0786. The quantitative estimate of drug-likeness (QED) is 0.526. The molecule has 2 heterocycles. The second-order valence-electron chi connectivity index (χ2n) is 8.06. The van der Waals surface area contributed by atoms with Gasteiger partial charge in [-0.25, -0.2) is 4.98 Å². The number of rotatable bonds is 6. The van der Waals surface area contributed by atoms with E-state index in [9.17, 15) is 4.79 Å². The van der Waals surface area contributed by atoms with Gasteiger partial charge in [-0.15, -0.1) is 0 Å². The van der Waals surface area contributed by atoms with Gasteiger partial charge < -0.3 is 10.2 Å². The van der Waals surface area contributed by atoms with Crippen LogP contribution in [0.1, 0.15) is 42.9 Å². The fraction of sp³-hybridized carbons (Fsp3) is 0.333. The standard InChI is InChI=1S/C24H26Cl2N4O/c1-16(2)27-15-21-22(24(31)29-13-5-6-14-29)28-23(19-7-3-4-8-20(19)26)30(21)18-11-9-17(25)10-12-18/h3-4,7-12,16,27H,5-6,13-15H2,1-2H3. The molecule has 0 saturated carbocycles. The third-order valence-electron chi connectivity index (χ3n) is 5.45. The second-order valence-corrected chi connectivity index (χ2v) is 8.90. The van der Waals surface area contributed by atoms with Crippen LogP contribution in [-0.4, -0.2) is 39.5 Å². The number of imidazole rings is 1. The van der Waals surface area contributed by atoms with Crippen LogP contribution in [0.15, 0.2) is 48.5 Å². The summed E-state index contributed by atoms with van der Waals surface area (Å²) >= 11 is 12.7. The van der Waals surface area contributed by atoms with Gasteiger partial charge in [-0.05, 0) is 49.2 Å². The average molecular weight is 457 g/mol. The van der Waals surface area contributed by atoms with E-state index in [1.165, 1.54) is 0 Å². The van der Waals surface area contributed by atoms with Crippen molar-refractivity contribution >= 4 is 29.1 Å². The predicted molar refractivity (Wildman–Crippen MR) is 126 cm³/mol. The number of nitrogens with one attached hydrogen (secondary N) is 1. The minimum atomic E-state index is -0.0286. The number of nitrogens with zero attached hydrogens (tertiary/aromatic N) is 3. The van der Waals surface area contributed by atoms with Crippen LogP contribution >= 0.6 is 23.2 Å². The molecular formula is C24H26Cl2N4O. The summed E-state index contributed by atoms with van der Waals surface area (Å²) < 4.78 is 2.02. The molecule has 1 saturated heterocycles. The van der Waals surface area contributed by atoms with Gasteiger partial charge in [0.15, 0.2) is 5.69 Å². The Hall–Kier alpha value is -2.34. The van der Waals surface area contributed by atoms with Gasteiger partial charge in [-0.2, -0.15) is 0 Å². The summed E-state index contributed by atoms with van der Waals surface area (Å²) in [5.41, 5.74) is 2.96. The molecule has 5 nitrogen and oxygen atoms in total. The number of halogens is 2. The van der Waals surface area contributed by atoms with Crippen LogP contribution in [-0.2, 0) is 6.54 Å². The van der Waals surface area contributed by atoms with Gasteiger partial charge in [0.1, 0.15) is 5.82 Å². The molecule has 1 fully saturated rings. The Morgan fingerprint density at radius 2 is 1.74 bits per heavy atom. The van der Waals surface area contributed by atoms with E-state index in [0.29, 0.717) is 28.1 Å². The van der Waals surface area contributed by atoms with Gasteiger partial charge in [0.05, 0.1) is 10.7 Å². The molecule has 1 aliphatic heterocycles. The van der Waals surface area contributed by atoms with Crippen LogP contribution in [0.4, 0.5) is 0 Å². The number of hydrogen-bond donors (Lipinski definition) is 1. The maximum absolute atomic E-state index is 13.4. The normalized spacial score (nSPS) is 13.9. The van der Waals surface area contributed by atoms with Gasteiger partial charge in [-0.1, -0.05) is 49.2 Å². The maximum atomic E-state index is 13.4. The van der Waals surface area contributed by atoms with E-state index >= 15 is 0 Å². The molecule has 0 radical (unpaired) electrons. The van der Waals surface area contributed by atoms with E-state index < -0.39 is 0 Å². The Kier molecular flexibility index (Phi) is 6.65. The SMILES string of the molecule is CC(C)NCc1c(C(=O)N2CCCC2)nc(-c2ccccc2Cl)n1-c1ccc(Cl)cc1. The first kappa shape index (κ1) is 21.9. The number of carbonyl (C=O) groups is 1. The van der Waals surface area contributed by atoms with Gasteiger partial charge in [-0.3, -0.25) is 9.36 Å². The molecule has 1 amide bonds. The summed E-state index contributed by atoms with van der Waals surface area (Å²) in [5.74, 6) is 0.620. The smallest absolute Gasteiger partial charge is 0.274 e. The van der Waals surface area contributed by atoms with E-state index in [4.69, 9.17) is 28.2 Å². The van der Waals surface area contributed by atoms with Crippen LogP contribution in [0.5, 0.6) is 0 Å². The van der Waals surface area contributed by atoms with E-state index in [-0.39, 0.29) is 11.9 Å². The van der Waals surface area contributed by atoms with Crippen LogP contribution in [0.3, 0.4) is 0 Å². The first-order valence-electron chi connectivity index (χ1n) is 10.6. The number of aromatic nitrogens is 2. The average Bonchev–Trinajstić information content (AvgIpc) is 3.41. The Bertz CT molecular complexity index is 1070. The number of hydrogen-bond acceptors (Lipinski definition) is 3. The van der Waals surface area contributed by atoms with E-state index in [0.717, 1.165) is 42.9 Å². The highest BCUT2D eigenvalue weighted by Gasteiger charge is 2.29. The van der Waals surface area contributed by atoms with E-state index in [1.807, 2.05) is 58.0 Å². The van der Waals surface area contributed by atoms with Crippen LogP contribution in [0.25, 0.3) is 17.1 Å². The summed E-state index contributed by atoms with van der Waals surface area (Å²) in [6, 6.07) is 15.4. The molecule has 31 heavy (non-hydrogen) atoms. The van der Waals surface area contributed by atoms with Gasteiger partial charge in [0.2, 0.25) is 0 Å². The minimum absolute atomic E-state index is 0.0286. The van der Waals surface area contributed by atoms with Crippen molar-refractivity contribution in [2.45, 2.75) is 39.3 Å². The lowest BCUT2D eigenvalue weighted by Gasteiger charge is -2.17. The summed E-state index contributed by atoms with van der Waals surface area (Å²) in [6.45, 7) is 6.21. The number of likely N-dealkylation sites (tertiary alicyclic amines) is 1. The first-order valence-corrected chi connectivity index (χ1v) is 11.4. The molecule has 1 aromatic heterocycles. The van der Waals surface area contributed by atoms with Crippen molar-refractivity contribution in [2.24, 2.45) is 0 Å². The maximum Gasteiger partial charge on any atom is 0.274 e. The van der Waals surface area contributed by atoms with E-state index in [1.54, 1.807) is 0 Å². The molecule has 7 heteroatoms. The third-order valence-corrected chi connectivity index (χ3v) is 6.03. The molecule has 0 bridgehead atoms. The highest BCUT2D eigenvalue weighted by molar-refractivity contribution is 6.33.